The molecule has 1 rings (SSSR count). The zero-order chi connectivity index (χ0) is 15.5. The first-order valence-electron chi connectivity index (χ1n) is 6.12. The van der Waals surface area contributed by atoms with E-state index in [-0.39, 0.29) is 10.9 Å². The number of furan rings is 1. The smallest absolute Gasteiger partial charge is 0.289 e. The van der Waals surface area contributed by atoms with Crippen LogP contribution >= 0.6 is 0 Å². The first-order chi connectivity index (χ1) is 9.16. The molecule has 7 nitrogen and oxygen atoms in total. The number of aliphatic hydroxyl groups is 1. The topological polar surface area (TPSA) is 91.1 Å². The monoisotopic (exact) mass is 304 g/mol. The van der Waals surface area contributed by atoms with Gasteiger partial charge in [0.15, 0.2) is 5.76 Å². The summed E-state index contributed by atoms with van der Waals surface area (Å²) in [6.45, 7) is 1.99. The van der Waals surface area contributed by atoms with E-state index in [9.17, 15) is 18.3 Å². The summed E-state index contributed by atoms with van der Waals surface area (Å²) in [4.78, 5) is 13.4. The van der Waals surface area contributed by atoms with Gasteiger partial charge >= 0.3 is 0 Å². The summed E-state index contributed by atoms with van der Waals surface area (Å²) in [6.07, 6.45) is -0.0715. The Morgan fingerprint density at radius 2 is 1.95 bits per heavy atom. The maximum Gasteiger partial charge on any atom is 0.289 e. The van der Waals surface area contributed by atoms with Gasteiger partial charge in [-0.15, -0.1) is 0 Å². The van der Waals surface area contributed by atoms with Crippen molar-refractivity contribution in [1.29, 1.82) is 0 Å². The highest BCUT2D eigenvalue weighted by atomic mass is 32.2. The van der Waals surface area contributed by atoms with E-state index in [4.69, 9.17) is 4.42 Å². The van der Waals surface area contributed by atoms with Crippen LogP contribution in [0.25, 0.3) is 0 Å². The van der Waals surface area contributed by atoms with E-state index >= 15 is 0 Å². The van der Waals surface area contributed by atoms with Gasteiger partial charge in [-0.25, -0.2) is 12.7 Å². The van der Waals surface area contributed by atoms with Gasteiger partial charge in [-0.05, 0) is 25.5 Å². The number of carbonyl (C=O) groups excluding carboxylic acids is 1. The molecule has 1 atom stereocenters. The fourth-order valence-corrected chi connectivity index (χ4v) is 2.22. The molecule has 0 aliphatic rings. The van der Waals surface area contributed by atoms with Crippen molar-refractivity contribution in [3.8, 4) is 0 Å². The number of nitrogens with zero attached hydrogens (tertiary/aromatic N) is 2. The summed E-state index contributed by atoms with van der Waals surface area (Å²) < 4.78 is 29.8. The Kier molecular flexibility index (Phi) is 5.32. The molecule has 0 aliphatic heterocycles. The van der Waals surface area contributed by atoms with E-state index in [0.29, 0.717) is 13.0 Å². The second-order valence-corrected chi connectivity index (χ2v) is 6.85. The van der Waals surface area contributed by atoms with Crippen LogP contribution in [0.3, 0.4) is 0 Å². The SMILES string of the molecule is CC(O)CCN(C)C(=O)c1ccc(S(=O)(=O)N(C)C)o1. The number of amides is 1. The molecular formula is C12H20N2O5S. The van der Waals surface area contributed by atoms with Gasteiger partial charge in [0.1, 0.15) is 0 Å². The summed E-state index contributed by atoms with van der Waals surface area (Å²) in [5, 5.41) is 8.91. The zero-order valence-electron chi connectivity index (χ0n) is 12.0. The molecule has 0 spiro atoms. The summed E-state index contributed by atoms with van der Waals surface area (Å²) >= 11 is 0. The molecule has 114 valence electrons. The fraction of sp³-hybridized carbons (Fsp3) is 0.583. The highest BCUT2D eigenvalue weighted by Crippen LogP contribution is 2.18. The lowest BCUT2D eigenvalue weighted by atomic mass is 10.2. The number of rotatable bonds is 6. The molecule has 0 aromatic carbocycles. The van der Waals surface area contributed by atoms with Crippen LogP contribution < -0.4 is 0 Å². The summed E-state index contributed by atoms with van der Waals surface area (Å²) in [7, 11) is 0.644. The van der Waals surface area contributed by atoms with Crippen LogP contribution in [0.5, 0.6) is 0 Å². The summed E-state index contributed by atoms with van der Waals surface area (Å²) in [5.41, 5.74) is 0. The normalized spacial score (nSPS) is 13.5. The number of hydrogen-bond donors (Lipinski definition) is 1. The zero-order valence-corrected chi connectivity index (χ0v) is 12.8. The molecular weight excluding hydrogens is 284 g/mol. The third kappa shape index (κ3) is 3.81. The minimum Gasteiger partial charge on any atom is -0.438 e. The largest absolute Gasteiger partial charge is 0.438 e. The third-order valence-electron chi connectivity index (χ3n) is 2.76. The second-order valence-electron chi connectivity index (χ2n) is 4.77. The molecule has 1 amide bonds. The van der Waals surface area contributed by atoms with E-state index in [2.05, 4.69) is 0 Å². The average Bonchev–Trinajstić information content (AvgIpc) is 2.84. The molecule has 1 aromatic heterocycles. The molecule has 0 saturated carbocycles. The minimum absolute atomic E-state index is 0.0430. The summed E-state index contributed by atoms with van der Waals surface area (Å²) in [5.74, 6) is -0.468. The molecule has 8 heteroatoms. The van der Waals surface area contributed by atoms with Gasteiger partial charge in [0.05, 0.1) is 6.10 Å². The molecule has 0 aliphatic carbocycles. The molecule has 1 aromatic rings. The number of carbonyl (C=O) groups is 1. The predicted molar refractivity (Wildman–Crippen MR) is 72.8 cm³/mol. The number of sulfonamides is 1. The molecule has 0 bridgehead atoms. The summed E-state index contributed by atoms with van der Waals surface area (Å²) in [6, 6.07) is 2.59. The Balaban J connectivity index is 2.84. The average molecular weight is 304 g/mol. The maximum absolute atomic E-state index is 12.0. The van der Waals surface area contributed by atoms with Gasteiger partial charge < -0.3 is 14.4 Å². The third-order valence-corrected chi connectivity index (χ3v) is 4.45. The van der Waals surface area contributed by atoms with E-state index in [1.165, 1.54) is 31.1 Å². The van der Waals surface area contributed by atoms with Crippen molar-refractivity contribution in [3.05, 3.63) is 17.9 Å². The molecule has 1 unspecified atom stereocenters. The van der Waals surface area contributed by atoms with Crippen LogP contribution in [0, 0.1) is 0 Å². The van der Waals surface area contributed by atoms with Gasteiger partial charge in [0.25, 0.3) is 15.9 Å². The first kappa shape index (κ1) is 16.7. The molecule has 20 heavy (non-hydrogen) atoms. The van der Waals surface area contributed by atoms with E-state index < -0.39 is 22.0 Å². The fourth-order valence-electron chi connectivity index (χ4n) is 1.42. The van der Waals surface area contributed by atoms with Crippen LogP contribution in [0.4, 0.5) is 0 Å². The Labute approximate surface area is 118 Å². The van der Waals surface area contributed by atoms with Gasteiger partial charge in [-0.1, -0.05) is 0 Å². The Hall–Kier alpha value is -1.38. The first-order valence-corrected chi connectivity index (χ1v) is 7.56. The van der Waals surface area contributed by atoms with Crippen molar-refractivity contribution >= 4 is 15.9 Å². The van der Waals surface area contributed by atoms with E-state index in [0.717, 1.165) is 4.31 Å². The molecule has 0 radical (unpaired) electrons. The lowest BCUT2D eigenvalue weighted by Gasteiger charge is -2.16. The van der Waals surface area contributed by atoms with Gasteiger partial charge in [0.2, 0.25) is 5.09 Å². The number of hydrogen-bond acceptors (Lipinski definition) is 5. The minimum atomic E-state index is -3.69. The van der Waals surface area contributed by atoms with Crippen LogP contribution in [0.1, 0.15) is 23.9 Å². The highest BCUT2D eigenvalue weighted by molar-refractivity contribution is 7.88. The molecule has 0 fully saturated rings. The van der Waals surface area contributed by atoms with Crippen LogP contribution in [0.15, 0.2) is 21.6 Å². The molecule has 1 N–H and O–H groups in total. The molecule has 0 saturated heterocycles. The Morgan fingerprint density at radius 3 is 2.45 bits per heavy atom. The van der Waals surface area contributed by atoms with Crippen molar-refractivity contribution in [1.82, 2.24) is 9.21 Å². The van der Waals surface area contributed by atoms with Crippen molar-refractivity contribution < 1.29 is 22.7 Å². The van der Waals surface area contributed by atoms with Crippen molar-refractivity contribution in [2.24, 2.45) is 0 Å². The quantitative estimate of drug-likeness (QED) is 0.820. The van der Waals surface area contributed by atoms with Crippen LogP contribution in [-0.4, -0.2) is 62.4 Å². The van der Waals surface area contributed by atoms with Crippen LogP contribution in [-0.2, 0) is 10.0 Å². The number of aliphatic hydroxyl groups excluding tert-OH is 1. The van der Waals surface area contributed by atoms with Crippen LogP contribution in [0.2, 0.25) is 0 Å². The maximum atomic E-state index is 12.0. The highest BCUT2D eigenvalue weighted by Gasteiger charge is 2.24. The van der Waals surface area contributed by atoms with Crippen molar-refractivity contribution in [2.45, 2.75) is 24.5 Å². The Bertz CT molecular complexity index is 562. The standard InChI is InChI=1S/C12H20N2O5S/c1-9(15)7-8-14(4)12(16)10-5-6-11(19-10)20(17,18)13(2)3/h5-6,9,15H,7-8H2,1-4H3. The predicted octanol–water partition coefficient (Wildman–Crippen LogP) is 0.373. The van der Waals surface area contributed by atoms with Crippen molar-refractivity contribution in [2.75, 3.05) is 27.7 Å². The second kappa shape index (κ2) is 6.38. The van der Waals surface area contributed by atoms with Gasteiger partial charge in [-0.2, -0.15) is 0 Å². The lowest BCUT2D eigenvalue weighted by Crippen LogP contribution is -2.29. The van der Waals surface area contributed by atoms with Gasteiger partial charge in [-0.3, -0.25) is 4.79 Å². The van der Waals surface area contributed by atoms with E-state index in [1.807, 2.05) is 0 Å². The van der Waals surface area contributed by atoms with Gasteiger partial charge in [0, 0.05) is 27.7 Å². The van der Waals surface area contributed by atoms with Crippen molar-refractivity contribution in [3.63, 3.8) is 0 Å². The molecule has 1 heterocycles. The lowest BCUT2D eigenvalue weighted by molar-refractivity contribution is 0.0732. The Morgan fingerprint density at radius 1 is 1.35 bits per heavy atom. The van der Waals surface area contributed by atoms with E-state index in [1.54, 1.807) is 14.0 Å².